The molecule has 9 nitrogen and oxygen atoms in total. The number of tetrazole rings is 1. The van der Waals surface area contributed by atoms with Crippen LogP contribution < -0.4 is 0 Å². The zero-order chi connectivity index (χ0) is 24.3. The Morgan fingerprint density at radius 3 is 2.41 bits per heavy atom. The van der Waals surface area contributed by atoms with E-state index in [1.165, 1.54) is 0 Å². The highest BCUT2D eigenvalue weighted by Crippen LogP contribution is 2.39. The SMILES string of the molecule is CC(CC(c1ncnn1Cc1ccc(-c2ccccc2-c2nnn[nH]2)cc1)C(C)(C)C)C(=O)O. The maximum absolute atomic E-state index is 11.5. The van der Waals surface area contributed by atoms with E-state index in [2.05, 4.69) is 75.7 Å². The van der Waals surface area contributed by atoms with Gasteiger partial charge in [-0.25, -0.2) is 14.8 Å². The van der Waals surface area contributed by atoms with Gasteiger partial charge in [0.2, 0.25) is 0 Å². The summed E-state index contributed by atoms with van der Waals surface area (Å²) in [5, 5.41) is 28.1. The number of carboxylic acids is 1. The van der Waals surface area contributed by atoms with Crippen molar-refractivity contribution in [2.75, 3.05) is 0 Å². The summed E-state index contributed by atoms with van der Waals surface area (Å²) < 4.78 is 1.88. The van der Waals surface area contributed by atoms with Crippen LogP contribution in [-0.2, 0) is 11.3 Å². The lowest BCUT2D eigenvalue weighted by molar-refractivity contribution is -0.141. The molecule has 0 radical (unpaired) electrons. The van der Waals surface area contributed by atoms with Crippen LogP contribution in [0.25, 0.3) is 22.5 Å². The molecule has 4 aromatic rings. The zero-order valence-electron chi connectivity index (χ0n) is 19.8. The van der Waals surface area contributed by atoms with Crippen LogP contribution in [0.3, 0.4) is 0 Å². The number of aromatic nitrogens is 7. The van der Waals surface area contributed by atoms with Gasteiger partial charge in [-0.2, -0.15) is 5.10 Å². The van der Waals surface area contributed by atoms with E-state index in [4.69, 9.17) is 0 Å². The van der Waals surface area contributed by atoms with Crippen LogP contribution in [-0.4, -0.2) is 46.5 Å². The highest BCUT2D eigenvalue weighted by atomic mass is 16.4. The predicted octanol–water partition coefficient (Wildman–Crippen LogP) is 4.41. The first-order valence-corrected chi connectivity index (χ1v) is 11.3. The molecule has 0 bridgehead atoms. The molecule has 2 unspecified atom stereocenters. The van der Waals surface area contributed by atoms with Gasteiger partial charge in [-0.3, -0.25) is 4.79 Å². The van der Waals surface area contributed by atoms with Crippen LogP contribution in [0.2, 0.25) is 0 Å². The fourth-order valence-electron chi connectivity index (χ4n) is 4.14. The number of nitrogens with zero attached hydrogens (tertiary/aromatic N) is 6. The van der Waals surface area contributed by atoms with Crippen molar-refractivity contribution in [1.29, 1.82) is 0 Å². The Labute approximate surface area is 198 Å². The summed E-state index contributed by atoms with van der Waals surface area (Å²) in [7, 11) is 0. The second kappa shape index (κ2) is 9.54. The van der Waals surface area contributed by atoms with Gasteiger partial charge in [-0.1, -0.05) is 76.2 Å². The van der Waals surface area contributed by atoms with Crippen LogP contribution in [0.5, 0.6) is 0 Å². The Bertz CT molecular complexity index is 1240. The molecule has 4 rings (SSSR count). The molecule has 2 atom stereocenters. The van der Waals surface area contributed by atoms with Crippen LogP contribution in [0, 0.1) is 11.3 Å². The van der Waals surface area contributed by atoms with Crippen LogP contribution in [0.15, 0.2) is 54.9 Å². The van der Waals surface area contributed by atoms with E-state index in [0.717, 1.165) is 28.1 Å². The number of aromatic amines is 1. The van der Waals surface area contributed by atoms with Gasteiger partial charge >= 0.3 is 5.97 Å². The summed E-state index contributed by atoms with van der Waals surface area (Å²) in [5.74, 6) is 0.136. The van der Waals surface area contributed by atoms with Crippen molar-refractivity contribution in [2.24, 2.45) is 11.3 Å². The standard InChI is InChI=1S/C25H29N7O2/c1-16(24(33)34)13-21(25(2,3)4)23-26-15-27-32(23)14-17-9-11-18(12-10-17)19-7-5-6-8-20(19)22-28-30-31-29-22/h5-12,15-16,21H,13-14H2,1-4H3,(H,33,34)(H,28,29,30,31). The third-order valence-corrected chi connectivity index (χ3v) is 6.14. The van der Waals surface area contributed by atoms with Gasteiger partial charge in [-0.15, -0.1) is 5.10 Å². The Morgan fingerprint density at radius 2 is 1.79 bits per heavy atom. The van der Waals surface area contributed by atoms with Crippen molar-refractivity contribution in [3.63, 3.8) is 0 Å². The third-order valence-electron chi connectivity index (χ3n) is 6.14. The first kappa shape index (κ1) is 23.3. The van der Waals surface area contributed by atoms with Gasteiger partial charge in [0.15, 0.2) is 5.82 Å². The summed E-state index contributed by atoms with van der Waals surface area (Å²) in [4.78, 5) is 16.0. The van der Waals surface area contributed by atoms with Crippen LogP contribution in [0.4, 0.5) is 0 Å². The highest BCUT2D eigenvalue weighted by molar-refractivity contribution is 5.80. The molecular formula is C25H29N7O2. The molecule has 0 saturated heterocycles. The Kier molecular flexibility index (Phi) is 6.54. The minimum Gasteiger partial charge on any atom is -0.481 e. The number of aliphatic carboxylic acids is 1. The minimum atomic E-state index is -0.794. The monoisotopic (exact) mass is 459 g/mol. The second-order valence-corrected chi connectivity index (χ2v) is 9.66. The first-order chi connectivity index (χ1) is 16.2. The Balaban J connectivity index is 1.58. The molecule has 2 aromatic heterocycles. The number of carboxylic acid groups (broad SMARTS) is 1. The molecule has 0 aliphatic heterocycles. The van der Waals surface area contributed by atoms with E-state index in [9.17, 15) is 9.90 Å². The number of rotatable bonds is 8. The van der Waals surface area contributed by atoms with E-state index < -0.39 is 11.9 Å². The average molecular weight is 460 g/mol. The molecule has 2 aromatic carbocycles. The normalized spacial score (nSPS) is 13.5. The topological polar surface area (TPSA) is 122 Å². The highest BCUT2D eigenvalue weighted by Gasteiger charge is 2.33. The van der Waals surface area contributed by atoms with Crippen molar-refractivity contribution >= 4 is 5.97 Å². The maximum Gasteiger partial charge on any atom is 0.306 e. The predicted molar refractivity (Wildman–Crippen MR) is 128 cm³/mol. The van der Waals surface area contributed by atoms with Crippen molar-refractivity contribution < 1.29 is 9.90 Å². The quantitative estimate of drug-likeness (QED) is 0.400. The summed E-state index contributed by atoms with van der Waals surface area (Å²) in [6, 6.07) is 16.3. The molecular weight excluding hydrogens is 430 g/mol. The molecule has 2 heterocycles. The van der Waals surface area contributed by atoms with E-state index in [0.29, 0.717) is 18.8 Å². The molecule has 34 heavy (non-hydrogen) atoms. The van der Waals surface area contributed by atoms with Gasteiger partial charge in [0.1, 0.15) is 12.2 Å². The summed E-state index contributed by atoms with van der Waals surface area (Å²) >= 11 is 0. The molecule has 0 amide bonds. The van der Waals surface area contributed by atoms with Crippen molar-refractivity contribution in [1.82, 2.24) is 35.4 Å². The van der Waals surface area contributed by atoms with Crippen LogP contribution >= 0.6 is 0 Å². The van der Waals surface area contributed by atoms with E-state index in [1.807, 2.05) is 28.9 Å². The largest absolute Gasteiger partial charge is 0.481 e. The van der Waals surface area contributed by atoms with Gasteiger partial charge in [-0.05, 0) is 39.0 Å². The summed E-state index contributed by atoms with van der Waals surface area (Å²) in [5.41, 5.74) is 3.94. The van der Waals surface area contributed by atoms with Gasteiger partial charge in [0.05, 0.1) is 12.5 Å². The molecule has 2 N–H and O–H groups in total. The smallest absolute Gasteiger partial charge is 0.306 e. The number of benzene rings is 2. The Hall–Kier alpha value is -3.88. The van der Waals surface area contributed by atoms with E-state index in [1.54, 1.807) is 13.3 Å². The molecule has 0 saturated carbocycles. The van der Waals surface area contributed by atoms with Crippen molar-refractivity contribution in [2.45, 2.75) is 46.6 Å². The third kappa shape index (κ3) is 5.03. The fourth-order valence-corrected chi connectivity index (χ4v) is 4.14. The van der Waals surface area contributed by atoms with E-state index >= 15 is 0 Å². The Morgan fingerprint density at radius 1 is 1.09 bits per heavy atom. The van der Waals surface area contributed by atoms with Gasteiger partial charge < -0.3 is 5.11 Å². The molecule has 0 aliphatic rings. The summed E-state index contributed by atoms with van der Waals surface area (Å²) in [6.07, 6.45) is 2.05. The molecule has 0 aliphatic carbocycles. The maximum atomic E-state index is 11.5. The lowest BCUT2D eigenvalue weighted by Gasteiger charge is -2.31. The van der Waals surface area contributed by atoms with Crippen molar-refractivity contribution in [3.05, 3.63) is 66.2 Å². The number of H-pyrrole nitrogens is 1. The average Bonchev–Trinajstić information content (AvgIpc) is 3.49. The number of carbonyl (C=O) groups is 1. The lowest BCUT2D eigenvalue weighted by atomic mass is 9.75. The number of nitrogens with one attached hydrogen (secondary N) is 1. The number of hydrogen-bond acceptors (Lipinski definition) is 6. The molecule has 0 fully saturated rings. The molecule has 0 spiro atoms. The molecule has 176 valence electrons. The van der Waals surface area contributed by atoms with Crippen molar-refractivity contribution in [3.8, 4) is 22.5 Å². The van der Waals surface area contributed by atoms with Gasteiger partial charge in [0.25, 0.3) is 0 Å². The summed E-state index contributed by atoms with van der Waals surface area (Å²) in [6.45, 7) is 8.63. The first-order valence-electron chi connectivity index (χ1n) is 11.3. The minimum absolute atomic E-state index is 0.0391. The fraction of sp³-hybridized carbons (Fsp3) is 0.360. The van der Waals surface area contributed by atoms with E-state index in [-0.39, 0.29) is 11.3 Å². The molecule has 9 heteroatoms. The second-order valence-electron chi connectivity index (χ2n) is 9.66. The van der Waals surface area contributed by atoms with Crippen LogP contribution in [0.1, 0.15) is 51.4 Å². The van der Waals surface area contributed by atoms with Gasteiger partial charge in [0, 0.05) is 11.5 Å². The zero-order valence-corrected chi connectivity index (χ0v) is 19.8. The number of hydrogen-bond donors (Lipinski definition) is 2. The lowest BCUT2D eigenvalue weighted by Crippen LogP contribution is -2.27.